The Morgan fingerprint density at radius 1 is 1.17 bits per heavy atom. The van der Waals surface area contributed by atoms with Gasteiger partial charge in [0.1, 0.15) is 12.4 Å². The maximum atomic E-state index is 12.2. The molecule has 0 saturated heterocycles. The number of rotatable bonds is 5. The number of ether oxygens (including phenoxy) is 1. The van der Waals surface area contributed by atoms with Gasteiger partial charge >= 0.3 is 0 Å². The van der Waals surface area contributed by atoms with Crippen molar-refractivity contribution in [3.63, 3.8) is 0 Å². The number of aryl methyl sites for hydroxylation is 3. The molecule has 1 aliphatic rings. The van der Waals surface area contributed by atoms with E-state index < -0.39 is 0 Å². The van der Waals surface area contributed by atoms with Crippen molar-refractivity contribution in [2.45, 2.75) is 52.6 Å². The van der Waals surface area contributed by atoms with Crippen molar-refractivity contribution in [3.8, 4) is 5.69 Å². The minimum absolute atomic E-state index is 0.0989. The van der Waals surface area contributed by atoms with Gasteiger partial charge in [0.2, 0.25) is 0 Å². The van der Waals surface area contributed by atoms with E-state index in [1.54, 1.807) is 4.68 Å². The van der Waals surface area contributed by atoms with Crippen LogP contribution in [0.25, 0.3) is 5.69 Å². The van der Waals surface area contributed by atoms with Gasteiger partial charge in [-0.05, 0) is 56.9 Å². The standard InChI is InChI=1S/C19H25N3O2/c1-13-8-14(2)10-16(9-13)22-18(11-15(3)21-22)20-19(23)12-24-17-6-4-5-7-17/h8-11,17H,4-7,12H2,1-3H3,(H,20,23). The SMILES string of the molecule is Cc1cc(C)cc(-n2nc(C)cc2NC(=O)COC2CCCC2)c1. The highest BCUT2D eigenvalue weighted by molar-refractivity contribution is 5.91. The lowest BCUT2D eigenvalue weighted by molar-refractivity contribution is -0.122. The molecule has 24 heavy (non-hydrogen) atoms. The van der Waals surface area contributed by atoms with Crippen LogP contribution in [0.1, 0.15) is 42.5 Å². The minimum Gasteiger partial charge on any atom is -0.368 e. The van der Waals surface area contributed by atoms with Crippen molar-refractivity contribution in [1.29, 1.82) is 0 Å². The lowest BCUT2D eigenvalue weighted by Gasteiger charge is -2.13. The lowest BCUT2D eigenvalue weighted by Crippen LogP contribution is -2.23. The molecule has 0 spiro atoms. The van der Waals surface area contributed by atoms with Gasteiger partial charge in [-0.1, -0.05) is 18.9 Å². The third-order valence-electron chi connectivity index (χ3n) is 4.30. The molecule has 1 N–H and O–H groups in total. The lowest BCUT2D eigenvalue weighted by atomic mass is 10.1. The number of carbonyl (C=O) groups excluding carboxylic acids is 1. The summed E-state index contributed by atoms with van der Waals surface area (Å²) in [6.45, 7) is 6.13. The van der Waals surface area contributed by atoms with Crippen LogP contribution in [0.5, 0.6) is 0 Å². The number of aromatic nitrogens is 2. The summed E-state index contributed by atoms with van der Waals surface area (Å²) in [5.74, 6) is 0.546. The maximum absolute atomic E-state index is 12.2. The van der Waals surface area contributed by atoms with Crippen LogP contribution in [0.2, 0.25) is 0 Å². The fourth-order valence-electron chi connectivity index (χ4n) is 3.29. The van der Waals surface area contributed by atoms with Crippen molar-refractivity contribution < 1.29 is 9.53 Å². The minimum atomic E-state index is -0.132. The number of carbonyl (C=O) groups is 1. The molecule has 1 aromatic carbocycles. The van der Waals surface area contributed by atoms with E-state index in [2.05, 4.69) is 42.5 Å². The first-order chi connectivity index (χ1) is 11.5. The summed E-state index contributed by atoms with van der Waals surface area (Å²) >= 11 is 0. The smallest absolute Gasteiger partial charge is 0.251 e. The number of hydrogen-bond donors (Lipinski definition) is 1. The van der Waals surface area contributed by atoms with Crippen LogP contribution in [0.4, 0.5) is 5.82 Å². The third kappa shape index (κ3) is 4.03. The molecule has 1 aliphatic carbocycles. The summed E-state index contributed by atoms with van der Waals surface area (Å²) < 4.78 is 7.47. The van der Waals surface area contributed by atoms with Crippen molar-refractivity contribution in [3.05, 3.63) is 41.1 Å². The van der Waals surface area contributed by atoms with Gasteiger partial charge in [0.05, 0.1) is 17.5 Å². The number of anilines is 1. The Hall–Kier alpha value is -2.14. The van der Waals surface area contributed by atoms with Crippen molar-refractivity contribution >= 4 is 11.7 Å². The van der Waals surface area contributed by atoms with Gasteiger partial charge in [-0.25, -0.2) is 4.68 Å². The molecule has 0 radical (unpaired) electrons. The number of benzene rings is 1. The highest BCUT2D eigenvalue weighted by atomic mass is 16.5. The number of nitrogens with zero attached hydrogens (tertiary/aromatic N) is 2. The van der Waals surface area contributed by atoms with Crippen molar-refractivity contribution in [2.75, 3.05) is 11.9 Å². The van der Waals surface area contributed by atoms with E-state index in [-0.39, 0.29) is 18.6 Å². The Morgan fingerprint density at radius 2 is 1.83 bits per heavy atom. The van der Waals surface area contributed by atoms with Gasteiger partial charge in [0.15, 0.2) is 0 Å². The highest BCUT2D eigenvalue weighted by Crippen LogP contribution is 2.22. The highest BCUT2D eigenvalue weighted by Gasteiger charge is 2.17. The summed E-state index contributed by atoms with van der Waals surface area (Å²) in [5, 5.41) is 7.44. The van der Waals surface area contributed by atoms with E-state index >= 15 is 0 Å². The Morgan fingerprint density at radius 3 is 2.50 bits per heavy atom. The summed E-state index contributed by atoms with van der Waals surface area (Å²) in [5.41, 5.74) is 4.15. The maximum Gasteiger partial charge on any atom is 0.251 e. The average Bonchev–Trinajstić information content (AvgIpc) is 3.14. The van der Waals surface area contributed by atoms with Crippen molar-refractivity contribution in [2.24, 2.45) is 0 Å². The second kappa shape index (κ2) is 7.18. The predicted octanol–water partition coefficient (Wildman–Crippen LogP) is 3.70. The van der Waals surface area contributed by atoms with Crippen LogP contribution in [-0.2, 0) is 9.53 Å². The van der Waals surface area contributed by atoms with Gasteiger partial charge < -0.3 is 10.1 Å². The van der Waals surface area contributed by atoms with Crippen LogP contribution in [0, 0.1) is 20.8 Å². The van der Waals surface area contributed by atoms with Gasteiger partial charge in [0, 0.05) is 6.07 Å². The fourth-order valence-corrected chi connectivity index (χ4v) is 3.29. The molecule has 1 heterocycles. The Balaban J connectivity index is 1.72. The molecule has 1 amide bonds. The zero-order valence-electron chi connectivity index (χ0n) is 14.6. The predicted molar refractivity (Wildman–Crippen MR) is 94.6 cm³/mol. The van der Waals surface area contributed by atoms with Crippen molar-refractivity contribution in [1.82, 2.24) is 9.78 Å². The molecule has 1 aromatic heterocycles. The van der Waals surface area contributed by atoms with E-state index in [1.807, 2.05) is 13.0 Å². The molecule has 3 rings (SSSR count). The van der Waals surface area contributed by atoms with E-state index in [0.717, 1.165) is 24.2 Å². The first-order valence-corrected chi connectivity index (χ1v) is 8.58. The molecule has 2 aromatic rings. The summed E-state index contributed by atoms with van der Waals surface area (Å²) in [7, 11) is 0. The molecular formula is C19H25N3O2. The van der Waals surface area contributed by atoms with Gasteiger partial charge in [0.25, 0.3) is 5.91 Å². The monoisotopic (exact) mass is 327 g/mol. The Bertz CT molecular complexity index is 710. The molecule has 0 unspecified atom stereocenters. The Labute approximate surface area is 143 Å². The number of nitrogens with one attached hydrogen (secondary N) is 1. The van der Waals surface area contributed by atoms with Crippen LogP contribution < -0.4 is 5.32 Å². The molecular weight excluding hydrogens is 302 g/mol. The Kier molecular flexibility index (Phi) is 5.00. The van der Waals surface area contributed by atoms with Crippen LogP contribution in [0.15, 0.2) is 24.3 Å². The second-order valence-corrected chi connectivity index (χ2v) is 6.69. The van der Waals surface area contributed by atoms with E-state index in [4.69, 9.17) is 4.74 Å². The average molecular weight is 327 g/mol. The molecule has 0 atom stereocenters. The van der Waals surface area contributed by atoms with Crippen LogP contribution in [-0.4, -0.2) is 28.4 Å². The molecule has 0 bridgehead atoms. The molecule has 5 heteroatoms. The number of hydrogen-bond acceptors (Lipinski definition) is 3. The molecule has 128 valence electrons. The molecule has 5 nitrogen and oxygen atoms in total. The molecule has 0 aliphatic heterocycles. The number of amides is 1. The summed E-state index contributed by atoms with van der Waals surface area (Å²) in [6, 6.07) is 8.12. The molecule has 1 fully saturated rings. The fraction of sp³-hybridized carbons (Fsp3) is 0.474. The van der Waals surface area contributed by atoms with Gasteiger partial charge in [-0.3, -0.25) is 4.79 Å². The van der Waals surface area contributed by atoms with Gasteiger partial charge in [-0.2, -0.15) is 5.10 Å². The quantitative estimate of drug-likeness (QED) is 0.911. The van der Waals surface area contributed by atoms with E-state index in [1.165, 1.54) is 24.0 Å². The second-order valence-electron chi connectivity index (χ2n) is 6.69. The van der Waals surface area contributed by atoms with E-state index in [9.17, 15) is 4.79 Å². The van der Waals surface area contributed by atoms with Crippen LogP contribution in [0.3, 0.4) is 0 Å². The van der Waals surface area contributed by atoms with Gasteiger partial charge in [-0.15, -0.1) is 0 Å². The third-order valence-corrected chi connectivity index (χ3v) is 4.30. The first-order valence-electron chi connectivity index (χ1n) is 8.58. The molecule has 1 saturated carbocycles. The largest absolute Gasteiger partial charge is 0.368 e. The zero-order chi connectivity index (χ0) is 17.1. The normalized spacial score (nSPS) is 15.0. The van der Waals surface area contributed by atoms with E-state index in [0.29, 0.717) is 5.82 Å². The zero-order valence-corrected chi connectivity index (χ0v) is 14.6. The summed E-state index contributed by atoms with van der Waals surface area (Å²) in [4.78, 5) is 12.2. The van der Waals surface area contributed by atoms with Crippen LogP contribution >= 0.6 is 0 Å². The first kappa shape index (κ1) is 16.7. The topological polar surface area (TPSA) is 56.2 Å². The summed E-state index contributed by atoms with van der Waals surface area (Å²) in [6.07, 6.45) is 4.76.